The third-order valence-corrected chi connectivity index (χ3v) is 3.04. The van der Waals surface area contributed by atoms with Gasteiger partial charge in [0.25, 0.3) is 0 Å². The second-order valence-corrected chi connectivity index (χ2v) is 4.56. The SMILES string of the molecule is CC(=O)CC(c1ccc(F)cc1)c1ccc(F)cc1. The summed E-state index contributed by atoms with van der Waals surface area (Å²) < 4.78 is 25.9. The monoisotopic (exact) mass is 260 g/mol. The van der Waals surface area contributed by atoms with Crippen LogP contribution in [0, 0.1) is 11.6 Å². The van der Waals surface area contributed by atoms with Crippen molar-refractivity contribution in [3.05, 3.63) is 71.3 Å². The highest BCUT2D eigenvalue weighted by atomic mass is 19.1. The molecule has 0 bridgehead atoms. The molecule has 98 valence electrons. The van der Waals surface area contributed by atoms with Gasteiger partial charge in [0.1, 0.15) is 17.4 Å². The van der Waals surface area contributed by atoms with E-state index in [0.717, 1.165) is 11.1 Å². The Balaban J connectivity index is 2.37. The summed E-state index contributed by atoms with van der Waals surface area (Å²) in [6.07, 6.45) is 0.317. The molecule has 0 radical (unpaired) electrons. The molecule has 0 N–H and O–H groups in total. The average Bonchev–Trinajstić information content (AvgIpc) is 2.38. The van der Waals surface area contributed by atoms with Crippen molar-refractivity contribution in [1.82, 2.24) is 0 Å². The quantitative estimate of drug-likeness (QED) is 0.809. The number of halogens is 2. The molecule has 2 aromatic rings. The molecule has 0 aromatic heterocycles. The molecule has 19 heavy (non-hydrogen) atoms. The summed E-state index contributed by atoms with van der Waals surface area (Å²) in [4.78, 5) is 11.4. The molecule has 2 rings (SSSR count). The van der Waals surface area contributed by atoms with Crippen LogP contribution in [0.2, 0.25) is 0 Å². The van der Waals surface area contributed by atoms with Crippen molar-refractivity contribution in [2.45, 2.75) is 19.3 Å². The Kier molecular flexibility index (Phi) is 4.05. The number of hydrogen-bond acceptors (Lipinski definition) is 1. The fourth-order valence-electron chi connectivity index (χ4n) is 2.11. The van der Waals surface area contributed by atoms with E-state index in [2.05, 4.69) is 0 Å². The fourth-order valence-corrected chi connectivity index (χ4v) is 2.11. The lowest BCUT2D eigenvalue weighted by Crippen LogP contribution is -2.06. The predicted octanol–water partition coefficient (Wildman–Crippen LogP) is 4.08. The first-order chi connectivity index (χ1) is 9.06. The Hall–Kier alpha value is -2.03. The van der Waals surface area contributed by atoms with Crippen LogP contribution in [0.4, 0.5) is 8.78 Å². The molecule has 0 saturated heterocycles. The Bertz CT molecular complexity index is 513. The number of benzene rings is 2. The van der Waals surface area contributed by atoms with Gasteiger partial charge in [-0.25, -0.2) is 8.78 Å². The smallest absolute Gasteiger partial charge is 0.130 e. The van der Waals surface area contributed by atoms with Crippen LogP contribution in [0.5, 0.6) is 0 Å². The van der Waals surface area contributed by atoms with Crippen LogP contribution in [0.1, 0.15) is 30.4 Å². The molecule has 0 fully saturated rings. The van der Waals surface area contributed by atoms with Crippen LogP contribution >= 0.6 is 0 Å². The Morgan fingerprint density at radius 3 is 1.58 bits per heavy atom. The fraction of sp³-hybridized carbons (Fsp3) is 0.188. The van der Waals surface area contributed by atoms with E-state index < -0.39 is 0 Å². The van der Waals surface area contributed by atoms with Crippen LogP contribution in [-0.4, -0.2) is 5.78 Å². The van der Waals surface area contributed by atoms with E-state index in [1.165, 1.54) is 31.2 Å². The summed E-state index contributed by atoms with van der Waals surface area (Å²) in [5.41, 5.74) is 1.70. The molecule has 0 spiro atoms. The molecule has 0 aliphatic heterocycles. The van der Waals surface area contributed by atoms with E-state index in [9.17, 15) is 13.6 Å². The topological polar surface area (TPSA) is 17.1 Å². The number of ketones is 1. The summed E-state index contributed by atoms with van der Waals surface area (Å²) in [6.45, 7) is 1.51. The van der Waals surface area contributed by atoms with Crippen molar-refractivity contribution in [1.29, 1.82) is 0 Å². The van der Waals surface area contributed by atoms with Gasteiger partial charge in [-0.2, -0.15) is 0 Å². The van der Waals surface area contributed by atoms with Crippen molar-refractivity contribution in [3.63, 3.8) is 0 Å². The van der Waals surface area contributed by atoms with E-state index in [0.29, 0.717) is 6.42 Å². The summed E-state index contributed by atoms with van der Waals surface area (Å²) in [6, 6.07) is 12.1. The molecular weight excluding hydrogens is 246 g/mol. The van der Waals surface area contributed by atoms with Crippen molar-refractivity contribution < 1.29 is 13.6 Å². The molecule has 0 amide bonds. The molecule has 0 unspecified atom stereocenters. The first-order valence-electron chi connectivity index (χ1n) is 6.06. The number of carbonyl (C=O) groups excluding carboxylic acids is 1. The van der Waals surface area contributed by atoms with Crippen LogP contribution in [0.3, 0.4) is 0 Å². The molecule has 3 heteroatoms. The maximum absolute atomic E-state index is 13.0. The first kappa shape index (κ1) is 13.4. The van der Waals surface area contributed by atoms with Crippen molar-refractivity contribution in [3.8, 4) is 0 Å². The highest BCUT2D eigenvalue weighted by molar-refractivity contribution is 5.77. The highest BCUT2D eigenvalue weighted by Crippen LogP contribution is 2.28. The van der Waals surface area contributed by atoms with Gasteiger partial charge in [-0.15, -0.1) is 0 Å². The highest BCUT2D eigenvalue weighted by Gasteiger charge is 2.16. The molecule has 0 aliphatic rings. The van der Waals surface area contributed by atoms with Crippen LogP contribution in [0.15, 0.2) is 48.5 Å². The molecule has 1 nitrogen and oxygen atoms in total. The number of rotatable bonds is 4. The lowest BCUT2D eigenvalue weighted by molar-refractivity contribution is -0.117. The zero-order valence-electron chi connectivity index (χ0n) is 10.6. The lowest BCUT2D eigenvalue weighted by Gasteiger charge is -2.16. The molecule has 0 saturated carbocycles. The van der Waals surface area contributed by atoms with E-state index >= 15 is 0 Å². The Morgan fingerprint density at radius 1 is 0.895 bits per heavy atom. The minimum atomic E-state index is -0.315. The van der Waals surface area contributed by atoms with Crippen LogP contribution in [-0.2, 0) is 4.79 Å². The minimum Gasteiger partial charge on any atom is -0.300 e. The maximum Gasteiger partial charge on any atom is 0.130 e. The van der Waals surface area contributed by atoms with E-state index in [1.54, 1.807) is 24.3 Å². The van der Waals surface area contributed by atoms with E-state index in [4.69, 9.17) is 0 Å². The minimum absolute atomic E-state index is 0.0404. The summed E-state index contributed by atoms with van der Waals surface area (Å²) >= 11 is 0. The summed E-state index contributed by atoms with van der Waals surface area (Å²) in [5.74, 6) is -0.758. The van der Waals surface area contributed by atoms with Gasteiger partial charge in [-0.1, -0.05) is 24.3 Å². The van der Waals surface area contributed by atoms with E-state index in [-0.39, 0.29) is 23.3 Å². The second-order valence-electron chi connectivity index (χ2n) is 4.56. The Morgan fingerprint density at radius 2 is 1.26 bits per heavy atom. The van der Waals surface area contributed by atoms with Gasteiger partial charge in [-0.05, 0) is 42.3 Å². The van der Waals surface area contributed by atoms with Gasteiger partial charge < -0.3 is 0 Å². The normalized spacial score (nSPS) is 10.7. The van der Waals surface area contributed by atoms with Gasteiger partial charge in [0.05, 0.1) is 0 Å². The zero-order valence-corrected chi connectivity index (χ0v) is 10.6. The van der Waals surface area contributed by atoms with Gasteiger partial charge >= 0.3 is 0 Å². The first-order valence-corrected chi connectivity index (χ1v) is 6.06. The largest absolute Gasteiger partial charge is 0.300 e. The third-order valence-electron chi connectivity index (χ3n) is 3.04. The predicted molar refractivity (Wildman–Crippen MR) is 69.9 cm³/mol. The zero-order chi connectivity index (χ0) is 13.8. The van der Waals surface area contributed by atoms with Crippen LogP contribution in [0.25, 0.3) is 0 Å². The van der Waals surface area contributed by atoms with Crippen molar-refractivity contribution >= 4 is 5.78 Å². The standard InChI is InChI=1S/C16H14F2O/c1-11(19)10-16(12-2-6-14(17)7-3-12)13-4-8-15(18)9-5-13/h2-9,16H,10H2,1H3. The summed E-state index contributed by atoms with van der Waals surface area (Å²) in [5, 5.41) is 0. The number of carbonyl (C=O) groups is 1. The lowest BCUT2D eigenvalue weighted by atomic mass is 9.87. The molecule has 0 atom stereocenters. The summed E-state index contributed by atoms with van der Waals surface area (Å²) in [7, 11) is 0. The van der Waals surface area contributed by atoms with Crippen LogP contribution < -0.4 is 0 Å². The van der Waals surface area contributed by atoms with Crippen molar-refractivity contribution in [2.75, 3.05) is 0 Å². The molecular formula is C16H14F2O. The second kappa shape index (κ2) is 5.74. The number of Topliss-reactive ketones (excluding diaryl/α,β-unsaturated/α-hetero) is 1. The van der Waals surface area contributed by atoms with Gasteiger partial charge in [0.2, 0.25) is 0 Å². The average molecular weight is 260 g/mol. The van der Waals surface area contributed by atoms with Gasteiger partial charge in [0, 0.05) is 12.3 Å². The van der Waals surface area contributed by atoms with E-state index in [1.807, 2.05) is 0 Å². The number of hydrogen-bond donors (Lipinski definition) is 0. The van der Waals surface area contributed by atoms with Gasteiger partial charge in [0.15, 0.2) is 0 Å². The molecule has 0 aliphatic carbocycles. The Labute approximate surface area is 110 Å². The van der Waals surface area contributed by atoms with Gasteiger partial charge in [-0.3, -0.25) is 4.79 Å². The molecule has 0 heterocycles. The molecule has 2 aromatic carbocycles. The third kappa shape index (κ3) is 3.47. The van der Waals surface area contributed by atoms with Crippen molar-refractivity contribution in [2.24, 2.45) is 0 Å². The maximum atomic E-state index is 13.0.